The monoisotopic (exact) mass is 314 g/mol. The molecule has 0 saturated heterocycles. The molecular formula is C14H22N2O2S2. The number of aryl methyl sites for hydroxylation is 1. The van der Waals surface area contributed by atoms with Crippen LogP contribution < -0.4 is 5.32 Å². The second-order valence-corrected chi connectivity index (χ2v) is 7.81. The van der Waals surface area contributed by atoms with Gasteiger partial charge in [0, 0.05) is 24.5 Å². The van der Waals surface area contributed by atoms with Crippen molar-refractivity contribution in [2.75, 3.05) is 19.6 Å². The highest BCUT2D eigenvalue weighted by molar-refractivity contribution is 7.89. The summed E-state index contributed by atoms with van der Waals surface area (Å²) in [7, 11) is -3.36. The van der Waals surface area contributed by atoms with Crippen molar-refractivity contribution in [1.82, 2.24) is 9.62 Å². The summed E-state index contributed by atoms with van der Waals surface area (Å²) in [5.74, 6) is 0. The highest BCUT2D eigenvalue weighted by atomic mass is 32.2. The molecule has 0 atom stereocenters. The van der Waals surface area contributed by atoms with E-state index in [0.29, 0.717) is 24.5 Å². The summed E-state index contributed by atoms with van der Waals surface area (Å²) in [6, 6.07) is 0. The van der Waals surface area contributed by atoms with Gasteiger partial charge in [-0.2, -0.15) is 4.31 Å². The lowest BCUT2D eigenvalue weighted by Gasteiger charge is -2.23. The van der Waals surface area contributed by atoms with Crippen LogP contribution in [0, 0.1) is 6.92 Å². The standard InChI is InChI=1S/C14H22N2O2S2/c1-3-7-15-10-13-14(12(2)11-19-13)20(17,18)16-8-5-4-6-9-16/h4-5,11,15H,3,6-10H2,1-2H3. The van der Waals surface area contributed by atoms with Gasteiger partial charge in [0.1, 0.15) is 4.90 Å². The summed E-state index contributed by atoms with van der Waals surface area (Å²) in [4.78, 5) is 1.44. The molecule has 0 spiro atoms. The first-order chi connectivity index (χ1) is 9.57. The van der Waals surface area contributed by atoms with E-state index in [9.17, 15) is 8.42 Å². The minimum atomic E-state index is -3.36. The topological polar surface area (TPSA) is 49.4 Å². The average Bonchev–Trinajstić information content (AvgIpc) is 2.82. The summed E-state index contributed by atoms with van der Waals surface area (Å²) in [6.07, 6.45) is 5.81. The second kappa shape index (κ2) is 6.85. The first kappa shape index (κ1) is 15.7. The van der Waals surface area contributed by atoms with E-state index in [1.807, 2.05) is 24.5 Å². The van der Waals surface area contributed by atoms with Gasteiger partial charge in [-0.25, -0.2) is 8.42 Å². The first-order valence-electron chi connectivity index (χ1n) is 7.00. The van der Waals surface area contributed by atoms with Crippen LogP contribution in [0.15, 0.2) is 22.4 Å². The Hall–Kier alpha value is -0.690. The van der Waals surface area contributed by atoms with Gasteiger partial charge in [-0.05, 0) is 37.3 Å². The zero-order valence-electron chi connectivity index (χ0n) is 12.1. The van der Waals surface area contributed by atoms with E-state index < -0.39 is 10.0 Å². The van der Waals surface area contributed by atoms with Crippen molar-refractivity contribution in [2.45, 2.75) is 38.1 Å². The maximum Gasteiger partial charge on any atom is 0.244 e. The smallest absolute Gasteiger partial charge is 0.244 e. The van der Waals surface area contributed by atoms with Gasteiger partial charge in [0.15, 0.2) is 0 Å². The summed E-state index contributed by atoms with van der Waals surface area (Å²) in [6.45, 7) is 6.58. The summed E-state index contributed by atoms with van der Waals surface area (Å²) in [5, 5.41) is 5.23. The van der Waals surface area contributed by atoms with E-state index >= 15 is 0 Å². The van der Waals surface area contributed by atoms with Crippen LogP contribution in [0.5, 0.6) is 0 Å². The Morgan fingerprint density at radius 3 is 2.85 bits per heavy atom. The van der Waals surface area contributed by atoms with Crippen LogP contribution in [-0.4, -0.2) is 32.4 Å². The molecule has 6 heteroatoms. The number of rotatable bonds is 6. The lowest BCUT2D eigenvalue weighted by molar-refractivity contribution is 0.436. The van der Waals surface area contributed by atoms with Crippen molar-refractivity contribution >= 4 is 21.4 Å². The second-order valence-electron chi connectivity index (χ2n) is 4.97. The summed E-state index contributed by atoms with van der Waals surface area (Å²) >= 11 is 1.53. The zero-order chi connectivity index (χ0) is 14.6. The molecule has 1 aliphatic rings. The Balaban J connectivity index is 2.26. The number of hydrogen-bond donors (Lipinski definition) is 1. The first-order valence-corrected chi connectivity index (χ1v) is 9.32. The Morgan fingerprint density at radius 2 is 2.20 bits per heavy atom. The van der Waals surface area contributed by atoms with Gasteiger partial charge in [0.05, 0.1) is 0 Å². The van der Waals surface area contributed by atoms with Crippen LogP contribution in [0.4, 0.5) is 0 Å². The maximum atomic E-state index is 12.8. The normalized spacial score (nSPS) is 16.7. The number of sulfonamides is 1. The summed E-state index contributed by atoms with van der Waals surface area (Å²) in [5.41, 5.74) is 0.859. The molecule has 0 aromatic carbocycles. The Morgan fingerprint density at radius 1 is 1.40 bits per heavy atom. The van der Waals surface area contributed by atoms with Crippen LogP contribution in [0.1, 0.15) is 30.2 Å². The molecular weight excluding hydrogens is 292 g/mol. The molecule has 1 aliphatic heterocycles. The fraction of sp³-hybridized carbons (Fsp3) is 0.571. The van der Waals surface area contributed by atoms with Gasteiger partial charge in [0.25, 0.3) is 0 Å². The van der Waals surface area contributed by atoms with Crippen LogP contribution in [0.2, 0.25) is 0 Å². The Bertz CT molecular complexity index is 576. The molecule has 0 saturated carbocycles. The molecule has 112 valence electrons. The predicted octanol–water partition coefficient (Wildman–Crippen LogP) is 2.51. The van der Waals surface area contributed by atoms with E-state index in [4.69, 9.17) is 0 Å². The molecule has 20 heavy (non-hydrogen) atoms. The minimum Gasteiger partial charge on any atom is -0.312 e. The van der Waals surface area contributed by atoms with Crippen molar-refractivity contribution in [3.05, 3.63) is 28.0 Å². The zero-order valence-corrected chi connectivity index (χ0v) is 13.7. The molecule has 1 N–H and O–H groups in total. The third-order valence-corrected chi connectivity index (χ3v) is 6.65. The Kier molecular flexibility index (Phi) is 5.37. The molecule has 0 aliphatic carbocycles. The van der Waals surface area contributed by atoms with E-state index in [1.54, 1.807) is 4.31 Å². The molecule has 0 amide bonds. The van der Waals surface area contributed by atoms with E-state index in [-0.39, 0.29) is 0 Å². The fourth-order valence-electron chi connectivity index (χ4n) is 2.30. The SMILES string of the molecule is CCCNCc1scc(C)c1S(=O)(=O)N1CC=CCC1. The quantitative estimate of drug-likeness (QED) is 0.648. The molecule has 0 unspecified atom stereocenters. The number of thiophene rings is 1. The number of nitrogens with zero attached hydrogens (tertiary/aromatic N) is 1. The lowest BCUT2D eigenvalue weighted by Crippen LogP contribution is -2.34. The molecule has 4 nitrogen and oxygen atoms in total. The lowest BCUT2D eigenvalue weighted by atomic mass is 10.3. The molecule has 0 fully saturated rings. The number of hydrogen-bond acceptors (Lipinski definition) is 4. The molecule has 0 radical (unpaired) electrons. The van der Waals surface area contributed by atoms with Gasteiger partial charge in [-0.3, -0.25) is 0 Å². The average molecular weight is 314 g/mol. The maximum absolute atomic E-state index is 12.8. The van der Waals surface area contributed by atoms with Crippen molar-refractivity contribution in [3.8, 4) is 0 Å². The van der Waals surface area contributed by atoms with Gasteiger partial charge in [0.2, 0.25) is 10.0 Å². The third kappa shape index (κ3) is 3.31. The largest absolute Gasteiger partial charge is 0.312 e. The summed E-state index contributed by atoms with van der Waals surface area (Å²) < 4.78 is 27.2. The van der Waals surface area contributed by atoms with E-state index in [0.717, 1.165) is 29.8 Å². The molecule has 2 heterocycles. The van der Waals surface area contributed by atoms with Crippen LogP contribution >= 0.6 is 11.3 Å². The molecule has 1 aromatic heterocycles. The Labute approximate surface area is 125 Å². The van der Waals surface area contributed by atoms with Crippen molar-refractivity contribution in [3.63, 3.8) is 0 Å². The van der Waals surface area contributed by atoms with Gasteiger partial charge >= 0.3 is 0 Å². The molecule has 0 bridgehead atoms. The number of nitrogens with one attached hydrogen (secondary N) is 1. The molecule has 2 rings (SSSR count). The van der Waals surface area contributed by atoms with Crippen molar-refractivity contribution < 1.29 is 8.42 Å². The van der Waals surface area contributed by atoms with Crippen LogP contribution in [-0.2, 0) is 16.6 Å². The van der Waals surface area contributed by atoms with E-state index in [2.05, 4.69) is 12.2 Å². The predicted molar refractivity (Wildman–Crippen MR) is 83.6 cm³/mol. The minimum absolute atomic E-state index is 0.486. The highest BCUT2D eigenvalue weighted by Gasteiger charge is 2.29. The van der Waals surface area contributed by atoms with Gasteiger partial charge in [-0.1, -0.05) is 19.1 Å². The van der Waals surface area contributed by atoms with Crippen molar-refractivity contribution in [1.29, 1.82) is 0 Å². The third-order valence-electron chi connectivity index (χ3n) is 3.32. The van der Waals surface area contributed by atoms with Crippen LogP contribution in [0.25, 0.3) is 0 Å². The van der Waals surface area contributed by atoms with Gasteiger partial charge < -0.3 is 5.32 Å². The van der Waals surface area contributed by atoms with Gasteiger partial charge in [-0.15, -0.1) is 11.3 Å². The van der Waals surface area contributed by atoms with Crippen molar-refractivity contribution in [2.24, 2.45) is 0 Å². The van der Waals surface area contributed by atoms with E-state index in [1.165, 1.54) is 11.3 Å². The highest BCUT2D eigenvalue weighted by Crippen LogP contribution is 2.30. The fourth-order valence-corrected chi connectivity index (χ4v) is 5.44. The molecule has 1 aromatic rings. The van der Waals surface area contributed by atoms with Crippen LogP contribution in [0.3, 0.4) is 0 Å².